The first-order valence-corrected chi connectivity index (χ1v) is 9.08. The summed E-state index contributed by atoms with van der Waals surface area (Å²) in [6.45, 7) is 4.49. The Kier molecular flexibility index (Phi) is 6.10. The van der Waals surface area contributed by atoms with Gasteiger partial charge in [-0.05, 0) is 49.2 Å². The largest absolute Gasteiger partial charge is 0.492 e. The lowest BCUT2D eigenvalue weighted by Crippen LogP contribution is -2.27. The van der Waals surface area contributed by atoms with Crippen molar-refractivity contribution in [3.63, 3.8) is 0 Å². The van der Waals surface area contributed by atoms with E-state index in [1.165, 1.54) is 0 Å². The maximum Gasteiger partial charge on any atom is 0.251 e. The maximum atomic E-state index is 13.1. The average Bonchev–Trinajstić information content (AvgIpc) is 2.68. The fourth-order valence-electron chi connectivity index (χ4n) is 2.90. The third-order valence-corrected chi connectivity index (χ3v) is 4.17. The molecule has 0 heterocycles. The summed E-state index contributed by atoms with van der Waals surface area (Å²) in [6.07, 6.45) is 0. The number of carbonyl (C=O) groups is 1. The van der Waals surface area contributed by atoms with Gasteiger partial charge in [0.2, 0.25) is 0 Å². The summed E-state index contributed by atoms with van der Waals surface area (Å²) >= 11 is 0. The molecule has 4 nitrogen and oxygen atoms in total. The van der Waals surface area contributed by atoms with E-state index < -0.39 is 6.04 Å². The maximum absolute atomic E-state index is 13.1. The second-order valence-corrected chi connectivity index (χ2v) is 6.28. The molecule has 0 aliphatic carbocycles. The molecular weight excluding hydrogens is 336 g/mol. The van der Waals surface area contributed by atoms with Gasteiger partial charge >= 0.3 is 0 Å². The third-order valence-electron chi connectivity index (χ3n) is 4.17. The van der Waals surface area contributed by atoms with Gasteiger partial charge < -0.3 is 15.4 Å². The highest BCUT2D eigenvalue weighted by Crippen LogP contribution is 2.27. The predicted molar refractivity (Wildman–Crippen MR) is 110 cm³/mol. The van der Waals surface area contributed by atoms with Gasteiger partial charge in [0.15, 0.2) is 0 Å². The van der Waals surface area contributed by atoms with Crippen LogP contribution in [-0.2, 0) is 4.79 Å². The van der Waals surface area contributed by atoms with Crippen molar-refractivity contribution in [2.45, 2.75) is 19.9 Å². The molecule has 0 saturated heterocycles. The second kappa shape index (κ2) is 8.90. The van der Waals surface area contributed by atoms with Crippen LogP contribution in [0.25, 0.3) is 0 Å². The number of carbonyl (C=O) groups excluding carboxylic acids is 1. The van der Waals surface area contributed by atoms with E-state index >= 15 is 0 Å². The number of aryl methyl sites for hydroxylation is 1. The fraction of sp³-hybridized carbons (Fsp3) is 0.174. The van der Waals surface area contributed by atoms with E-state index in [1.54, 1.807) is 0 Å². The Bertz CT molecular complexity index is 894. The van der Waals surface area contributed by atoms with E-state index in [0.717, 1.165) is 16.8 Å². The van der Waals surface area contributed by atoms with Crippen molar-refractivity contribution in [3.8, 4) is 5.75 Å². The van der Waals surface area contributed by atoms with E-state index in [0.29, 0.717) is 18.0 Å². The predicted octanol–water partition coefficient (Wildman–Crippen LogP) is 5.19. The van der Waals surface area contributed by atoms with Gasteiger partial charge in [0.05, 0.1) is 12.3 Å². The molecule has 0 bridgehead atoms. The molecule has 4 heteroatoms. The van der Waals surface area contributed by atoms with Crippen LogP contribution in [-0.4, -0.2) is 12.5 Å². The van der Waals surface area contributed by atoms with E-state index in [2.05, 4.69) is 10.6 Å². The molecule has 0 radical (unpaired) electrons. The zero-order chi connectivity index (χ0) is 19.1. The molecular formula is C23H24N2O2. The van der Waals surface area contributed by atoms with Crippen LogP contribution in [0, 0.1) is 6.92 Å². The lowest BCUT2D eigenvalue weighted by atomic mass is 10.1. The molecule has 0 fully saturated rings. The first-order chi connectivity index (χ1) is 13.2. The highest BCUT2D eigenvalue weighted by atomic mass is 16.5. The van der Waals surface area contributed by atoms with Gasteiger partial charge in [-0.25, -0.2) is 0 Å². The summed E-state index contributed by atoms with van der Waals surface area (Å²) in [4.78, 5) is 13.1. The molecule has 0 saturated carbocycles. The number of para-hydroxylation sites is 2. The quantitative estimate of drug-likeness (QED) is 0.610. The van der Waals surface area contributed by atoms with Crippen LogP contribution in [0.2, 0.25) is 0 Å². The van der Waals surface area contributed by atoms with Crippen LogP contribution in [0.3, 0.4) is 0 Å². The van der Waals surface area contributed by atoms with Crippen molar-refractivity contribution in [3.05, 3.63) is 90.0 Å². The van der Waals surface area contributed by atoms with Gasteiger partial charge in [0.25, 0.3) is 5.91 Å². The summed E-state index contributed by atoms with van der Waals surface area (Å²) < 4.78 is 5.62. The van der Waals surface area contributed by atoms with Crippen LogP contribution in [0.1, 0.15) is 24.1 Å². The van der Waals surface area contributed by atoms with E-state index in [-0.39, 0.29) is 5.91 Å². The first kappa shape index (κ1) is 18.5. The Morgan fingerprint density at radius 1 is 0.963 bits per heavy atom. The number of nitrogens with one attached hydrogen (secondary N) is 2. The lowest BCUT2D eigenvalue weighted by Gasteiger charge is -2.21. The number of ether oxygens (including phenoxy) is 1. The Morgan fingerprint density at radius 3 is 2.44 bits per heavy atom. The highest BCUT2D eigenvalue weighted by Gasteiger charge is 2.21. The molecule has 0 aliphatic heterocycles. The zero-order valence-electron chi connectivity index (χ0n) is 15.6. The first-order valence-electron chi connectivity index (χ1n) is 9.08. The summed E-state index contributed by atoms with van der Waals surface area (Å²) in [5.41, 5.74) is 3.59. The molecule has 3 aromatic rings. The molecule has 0 aliphatic rings. The summed E-state index contributed by atoms with van der Waals surface area (Å²) in [5, 5.41) is 6.36. The Balaban J connectivity index is 1.87. The van der Waals surface area contributed by atoms with Crippen LogP contribution in [0.15, 0.2) is 78.9 Å². The number of anilines is 2. The van der Waals surface area contributed by atoms with Crippen molar-refractivity contribution in [1.82, 2.24) is 0 Å². The van der Waals surface area contributed by atoms with Crippen molar-refractivity contribution >= 4 is 17.3 Å². The third kappa shape index (κ3) is 4.88. The van der Waals surface area contributed by atoms with Crippen LogP contribution in [0.5, 0.6) is 5.75 Å². The fourth-order valence-corrected chi connectivity index (χ4v) is 2.90. The zero-order valence-corrected chi connectivity index (χ0v) is 15.6. The van der Waals surface area contributed by atoms with Gasteiger partial charge in [-0.1, -0.05) is 54.6 Å². The SMILES string of the molecule is CCOc1ccccc1NC(=O)[C@H](Nc1cccc(C)c1)c1ccccc1. The molecule has 27 heavy (non-hydrogen) atoms. The van der Waals surface area contributed by atoms with Crippen LogP contribution < -0.4 is 15.4 Å². The molecule has 1 atom stereocenters. The van der Waals surface area contributed by atoms with Gasteiger partial charge in [-0.2, -0.15) is 0 Å². The van der Waals surface area contributed by atoms with Crippen molar-refractivity contribution < 1.29 is 9.53 Å². The molecule has 2 N–H and O–H groups in total. The molecule has 3 aromatic carbocycles. The van der Waals surface area contributed by atoms with Gasteiger partial charge in [-0.15, -0.1) is 0 Å². The van der Waals surface area contributed by atoms with Gasteiger partial charge in [-0.3, -0.25) is 4.79 Å². The molecule has 138 valence electrons. The summed E-state index contributed by atoms with van der Waals surface area (Å²) in [6, 6.07) is 24.6. The van der Waals surface area contributed by atoms with Crippen LogP contribution >= 0.6 is 0 Å². The van der Waals surface area contributed by atoms with E-state index in [1.807, 2.05) is 92.7 Å². The minimum absolute atomic E-state index is 0.144. The van der Waals surface area contributed by atoms with Crippen molar-refractivity contribution in [1.29, 1.82) is 0 Å². The number of hydrogen-bond donors (Lipinski definition) is 2. The molecule has 3 rings (SSSR count). The van der Waals surface area contributed by atoms with Gasteiger partial charge in [0.1, 0.15) is 11.8 Å². The van der Waals surface area contributed by atoms with E-state index in [9.17, 15) is 4.79 Å². The Morgan fingerprint density at radius 2 is 1.70 bits per heavy atom. The normalized spacial score (nSPS) is 11.5. The lowest BCUT2D eigenvalue weighted by molar-refractivity contribution is -0.117. The average molecular weight is 360 g/mol. The minimum atomic E-state index is -0.525. The van der Waals surface area contributed by atoms with Gasteiger partial charge in [0, 0.05) is 5.69 Å². The number of benzene rings is 3. The van der Waals surface area contributed by atoms with E-state index in [4.69, 9.17) is 4.74 Å². The Hall–Kier alpha value is -3.27. The Labute approximate surface area is 160 Å². The van der Waals surface area contributed by atoms with Crippen molar-refractivity contribution in [2.24, 2.45) is 0 Å². The number of rotatable bonds is 7. The van der Waals surface area contributed by atoms with Crippen LogP contribution in [0.4, 0.5) is 11.4 Å². The summed E-state index contributed by atoms with van der Waals surface area (Å²) in [5.74, 6) is 0.519. The minimum Gasteiger partial charge on any atom is -0.492 e. The highest BCUT2D eigenvalue weighted by molar-refractivity contribution is 5.98. The molecule has 1 amide bonds. The summed E-state index contributed by atoms with van der Waals surface area (Å²) in [7, 11) is 0. The molecule has 0 unspecified atom stereocenters. The number of hydrogen-bond acceptors (Lipinski definition) is 3. The standard InChI is InChI=1S/C23H24N2O2/c1-3-27-21-15-8-7-14-20(21)25-23(26)22(18-11-5-4-6-12-18)24-19-13-9-10-17(2)16-19/h4-16,22,24H,3H2,1-2H3,(H,25,26)/t22-/m1/s1. The molecule has 0 spiro atoms. The van der Waals surface area contributed by atoms with Crippen molar-refractivity contribution in [2.75, 3.05) is 17.2 Å². The number of amides is 1. The topological polar surface area (TPSA) is 50.4 Å². The smallest absolute Gasteiger partial charge is 0.251 e. The molecule has 0 aromatic heterocycles. The monoisotopic (exact) mass is 360 g/mol. The second-order valence-electron chi connectivity index (χ2n) is 6.28.